The predicted octanol–water partition coefficient (Wildman–Crippen LogP) is 6.00. The highest BCUT2D eigenvalue weighted by molar-refractivity contribution is 7.92. The fourth-order valence-corrected chi connectivity index (χ4v) is 5.81. The Morgan fingerprint density at radius 2 is 1.45 bits per heavy atom. The SMILES string of the molecule is Cc1ccc(CN(C(=O)CN(c2cc(Cl)ccc2Cl)S(=O)(=O)c2ccc(C)cc2)[C@@H](C)C(=O)NCC(C)C)cc1. The Kier molecular flexibility index (Phi) is 10.6. The number of rotatable bonds is 11. The van der Waals surface area contributed by atoms with Gasteiger partial charge in [-0.1, -0.05) is 84.6 Å². The zero-order chi connectivity index (χ0) is 29.6. The molecule has 0 fully saturated rings. The van der Waals surface area contributed by atoms with Gasteiger partial charge in [0, 0.05) is 18.1 Å². The van der Waals surface area contributed by atoms with Crippen molar-refractivity contribution in [2.24, 2.45) is 5.92 Å². The molecule has 0 bridgehead atoms. The van der Waals surface area contributed by atoms with Gasteiger partial charge in [-0.2, -0.15) is 0 Å². The number of halogens is 2. The lowest BCUT2D eigenvalue weighted by Crippen LogP contribution is -2.51. The van der Waals surface area contributed by atoms with Crippen molar-refractivity contribution in [3.63, 3.8) is 0 Å². The van der Waals surface area contributed by atoms with Crippen LogP contribution in [0, 0.1) is 19.8 Å². The van der Waals surface area contributed by atoms with Gasteiger partial charge in [-0.05, 0) is 62.6 Å². The highest BCUT2D eigenvalue weighted by Crippen LogP contribution is 2.33. The van der Waals surface area contributed by atoms with Crippen molar-refractivity contribution in [3.8, 4) is 0 Å². The van der Waals surface area contributed by atoms with Gasteiger partial charge >= 0.3 is 0 Å². The van der Waals surface area contributed by atoms with Crippen LogP contribution in [-0.4, -0.2) is 44.3 Å². The molecule has 0 saturated heterocycles. The molecule has 1 atom stereocenters. The van der Waals surface area contributed by atoms with Crippen molar-refractivity contribution >= 4 is 50.7 Å². The summed E-state index contributed by atoms with van der Waals surface area (Å²) >= 11 is 12.7. The second-order valence-electron chi connectivity index (χ2n) is 10.2. The molecule has 214 valence electrons. The normalized spacial score (nSPS) is 12.2. The van der Waals surface area contributed by atoms with Crippen LogP contribution in [0.25, 0.3) is 0 Å². The first-order valence-electron chi connectivity index (χ1n) is 13.0. The number of carbonyl (C=O) groups excluding carboxylic acids is 2. The van der Waals surface area contributed by atoms with Crippen LogP contribution < -0.4 is 9.62 Å². The minimum atomic E-state index is -4.24. The maximum absolute atomic E-state index is 14.0. The number of carbonyl (C=O) groups is 2. The van der Waals surface area contributed by atoms with Crippen molar-refractivity contribution in [2.75, 3.05) is 17.4 Å². The Balaban J connectivity index is 2.05. The molecule has 3 aromatic carbocycles. The molecule has 1 N–H and O–H groups in total. The molecule has 10 heteroatoms. The standard InChI is InChI=1S/C30H35Cl2N3O4S/c1-20(2)17-33-30(37)23(5)34(18-24-10-6-21(3)7-11-24)29(36)19-35(28-16-25(31)12-15-27(28)32)40(38,39)26-13-8-22(4)9-14-26/h6-16,20,23H,17-19H2,1-5H3,(H,33,37)/t23-/m0/s1. The second kappa shape index (κ2) is 13.5. The van der Waals surface area contributed by atoms with E-state index in [4.69, 9.17) is 23.2 Å². The van der Waals surface area contributed by atoms with Crippen molar-refractivity contribution in [1.29, 1.82) is 0 Å². The minimum absolute atomic E-state index is 0.00486. The number of nitrogens with zero attached hydrogens (tertiary/aromatic N) is 2. The Labute approximate surface area is 247 Å². The molecule has 7 nitrogen and oxygen atoms in total. The average molecular weight is 605 g/mol. The monoisotopic (exact) mass is 603 g/mol. The second-order valence-corrected chi connectivity index (χ2v) is 12.9. The molecular formula is C30H35Cl2N3O4S. The van der Waals surface area contributed by atoms with E-state index in [9.17, 15) is 18.0 Å². The summed E-state index contributed by atoms with van der Waals surface area (Å²) in [5.41, 5.74) is 2.80. The lowest BCUT2D eigenvalue weighted by atomic mass is 10.1. The number of hydrogen-bond donors (Lipinski definition) is 1. The van der Waals surface area contributed by atoms with Gasteiger partial charge in [-0.25, -0.2) is 8.42 Å². The van der Waals surface area contributed by atoms with Crippen molar-refractivity contribution < 1.29 is 18.0 Å². The fourth-order valence-electron chi connectivity index (χ4n) is 3.95. The molecule has 3 aromatic rings. The fraction of sp³-hybridized carbons (Fsp3) is 0.333. The molecule has 0 saturated carbocycles. The van der Waals surface area contributed by atoms with Gasteiger partial charge in [0.15, 0.2) is 0 Å². The lowest BCUT2D eigenvalue weighted by Gasteiger charge is -2.32. The Morgan fingerprint density at radius 3 is 2.02 bits per heavy atom. The van der Waals surface area contributed by atoms with E-state index in [1.165, 1.54) is 35.2 Å². The van der Waals surface area contributed by atoms with E-state index in [0.717, 1.165) is 21.0 Å². The van der Waals surface area contributed by atoms with E-state index >= 15 is 0 Å². The number of nitrogens with one attached hydrogen (secondary N) is 1. The zero-order valence-electron chi connectivity index (χ0n) is 23.3. The van der Waals surface area contributed by atoms with E-state index in [1.807, 2.05) is 52.0 Å². The maximum atomic E-state index is 14.0. The average Bonchev–Trinajstić information content (AvgIpc) is 2.91. The molecule has 0 aliphatic rings. The molecular weight excluding hydrogens is 569 g/mol. The number of aryl methyl sites for hydroxylation is 2. The molecule has 0 heterocycles. The Hall–Kier alpha value is -3.07. The third-order valence-corrected chi connectivity index (χ3v) is 8.72. The van der Waals surface area contributed by atoms with Crippen LogP contribution in [0.15, 0.2) is 71.6 Å². The van der Waals surface area contributed by atoms with E-state index in [-0.39, 0.29) is 39.0 Å². The largest absolute Gasteiger partial charge is 0.354 e. The first-order valence-corrected chi connectivity index (χ1v) is 15.2. The van der Waals surface area contributed by atoms with Gasteiger partial charge in [0.05, 0.1) is 15.6 Å². The van der Waals surface area contributed by atoms with Gasteiger partial charge in [0.1, 0.15) is 12.6 Å². The van der Waals surface area contributed by atoms with E-state index in [0.29, 0.717) is 6.54 Å². The summed E-state index contributed by atoms with van der Waals surface area (Å²) in [7, 11) is -4.24. The molecule has 0 aromatic heterocycles. The molecule has 0 radical (unpaired) electrons. The summed E-state index contributed by atoms with van der Waals surface area (Å²) in [6.07, 6.45) is 0. The molecule has 2 amide bonds. The van der Waals surface area contributed by atoms with Gasteiger partial charge in [-0.3, -0.25) is 13.9 Å². The van der Waals surface area contributed by atoms with Gasteiger partial charge in [-0.15, -0.1) is 0 Å². The lowest BCUT2D eigenvalue weighted by molar-refractivity contribution is -0.139. The van der Waals surface area contributed by atoms with Gasteiger partial charge in [0.25, 0.3) is 10.0 Å². The molecule has 0 spiro atoms. The molecule has 0 unspecified atom stereocenters. The first kappa shape index (κ1) is 31.5. The number of hydrogen-bond acceptors (Lipinski definition) is 4. The van der Waals surface area contributed by atoms with Crippen LogP contribution in [0.3, 0.4) is 0 Å². The highest BCUT2D eigenvalue weighted by atomic mass is 35.5. The summed E-state index contributed by atoms with van der Waals surface area (Å²) < 4.78 is 28.8. The summed E-state index contributed by atoms with van der Waals surface area (Å²) in [4.78, 5) is 28.4. The molecule has 0 aliphatic heterocycles. The summed E-state index contributed by atoms with van der Waals surface area (Å²) in [6.45, 7) is 9.35. The Bertz CT molecular complexity index is 1440. The molecule has 3 rings (SSSR count). The third kappa shape index (κ3) is 7.99. The third-order valence-electron chi connectivity index (χ3n) is 6.39. The smallest absolute Gasteiger partial charge is 0.264 e. The van der Waals surface area contributed by atoms with Crippen molar-refractivity contribution in [1.82, 2.24) is 10.2 Å². The molecule has 0 aliphatic carbocycles. The van der Waals surface area contributed by atoms with Crippen LogP contribution in [0.4, 0.5) is 5.69 Å². The van der Waals surface area contributed by atoms with Gasteiger partial charge < -0.3 is 10.2 Å². The van der Waals surface area contributed by atoms with Crippen molar-refractivity contribution in [3.05, 3.63) is 93.5 Å². The zero-order valence-corrected chi connectivity index (χ0v) is 25.6. The van der Waals surface area contributed by atoms with E-state index in [1.54, 1.807) is 19.1 Å². The minimum Gasteiger partial charge on any atom is -0.354 e. The van der Waals surface area contributed by atoms with Crippen LogP contribution in [-0.2, 0) is 26.2 Å². The summed E-state index contributed by atoms with van der Waals surface area (Å²) in [5, 5.41) is 3.24. The number of amides is 2. The van der Waals surface area contributed by atoms with Crippen LogP contribution in [0.2, 0.25) is 10.0 Å². The predicted molar refractivity (Wildman–Crippen MR) is 161 cm³/mol. The van der Waals surface area contributed by atoms with E-state index in [2.05, 4.69) is 5.32 Å². The van der Waals surface area contributed by atoms with E-state index < -0.39 is 28.5 Å². The summed E-state index contributed by atoms with van der Waals surface area (Å²) in [5.74, 6) is -0.681. The van der Waals surface area contributed by atoms with Crippen LogP contribution in [0.1, 0.15) is 37.5 Å². The highest BCUT2D eigenvalue weighted by Gasteiger charge is 2.33. The number of benzene rings is 3. The summed E-state index contributed by atoms with van der Waals surface area (Å²) in [6, 6.07) is 17.5. The van der Waals surface area contributed by atoms with Crippen LogP contribution >= 0.6 is 23.2 Å². The number of anilines is 1. The topological polar surface area (TPSA) is 86.8 Å². The van der Waals surface area contributed by atoms with Gasteiger partial charge in [0.2, 0.25) is 11.8 Å². The van der Waals surface area contributed by atoms with Crippen molar-refractivity contribution in [2.45, 2.75) is 52.1 Å². The maximum Gasteiger partial charge on any atom is 0.264 e. The molecule has 40 heavy (non-hydrogen) atoms. The quantitative estimate of drug-likeness (QED) is 0.291. The number of sulfonamides is 1. The first-order chi connectivity index (χ1) is 18.8. The van der Waals surface area contributed by atoms with Crippen LogP contribution in [0.5, 0.6) is 0 Å². The Morgan fingerprint density at radius 1 is 0.875 bits per heavy atom.